The first-order valence-electron chi connectivity index (χ1n) is 9.39. The summed E-state index contributed by atoms with van der Waals surface area (Å²) in [6.07, 6.45) is 0. The quantitative estimate of drug-likeness (QED) is 0.475. The molecule has 0 aliphatic carbocycles. The lowest BCUT2D eigenvalue weighted by Crippen LogP contribution is -2.48. The Balaban J connectivity index is 1.49. The summed E-state index contributed by atoms with van der Waals surface area (Å²) in [5.74, 6) is 0. The number of benzene rings is 3. The number of fused-ring (bicyclic) bond motifs is 1. The summed E-state index contributed by atoms with van der Waals surface area (Å²) in [5.41, 5.74) is 0.823. The van der Waals surface area contributed by atoms with Gasteiger partial charge in [-0.05, 0) is 22.4 Å². The SMILES string of the molecule is O=[N+]([O-])c1ccccc1S(=O)(=O)N1CCN(Cc2cccc3ccccc23)CC1. The maximum atomic E-state index is 13.0. The number of sulfonamides is 1. The first-order valence-corrected chi connectivity index (χ1v) is 10.8. The van der Waals surface area contributed by atoms with Gasteiger partial charge >= 0.3 is 0 Å². The molecular formula is C21H21N3O4S. The van der Waals surface area contributed by atoms with Gasteiger partial charge in [-0.15, -0.1) is 0 Å². The van der Waals surface area contributed by atoms with E-state index in [9.17, 15) is 18.5 Å². The van der Waals surface area contributed by atoms with Gasteiger partial charge in [-0.2, -0.15) is 4.31 Å². The molecule has 0 N–H and O–H groups in total. The Kier molecular flexibility index (Phi) is 5.31. The Morgan fingerprint density at radius 3 is 2.28 bits per heavy atom. The summed E-state index contributed by atoms with van der Waals surface area (Å²) >= 11 is 0. The monoisotopic (exact) mass is 411 g/mol. The number of para-hydroxylation sites is 1. The van der Waals surface area contributed by atoms with E-state index in [1.165, 1.54) is 44.9 Å². The fraction of sp³-hybridized carbons (Fsp3) is 0.238. The number of nitro benzene ring substituents is 1. The van der Waals surface area contributed by atoms with Crippen molar-refractivity contribution in [2.24, 2.45) is 0 Å². The Morgan fingerprint density at radius 2 is 1.52 bits per heavy atom. The molecule has 7 nitrogen and oxygen atoms in total. The number of hydrogen-bond acceptors (Lipinski definition) is 5. The molecule has 0 saturated carbocycles. The third-order valence-corrected chi connectivity index (χ3v) is 7.23. The number of rotatable bonds is 5. The van der Waals surface area contributed by atoms with Crippen LogP contribution >= 0.6 is 0 Å². The van der Waals surface area contributed by atoms with Crippen LogP contribution in [0.25, 0.3) is 10.8 Å². The zero-order valence-corrected chi connectivity index (χ0v) is 16.6. The maximum Gasteiger partial charge on any atom is 0.289 e. The van der Waals surface area contributed by atoms with Crippen molar-refractivity contribution in [2.75, 3.05) is 26.2 Å². The van der Waals surface area contributed by atoms with E-state index >= 15 is 0 Å². The third-order valence-electron chi connectivity index (χ3n) is 5.28. The van der Waals surface area contributed by atoms with Crippen molar-refractivity contribution in [2.45, 2.75) is 11.4 Å². The van der Waals surface area contributed by atoms with Gasteiger partial charge in [0, 0.05) is 38.8 Å². The smallest absolute Gasteiger partial charge is 0.289 e. The van der Waals surface area contributed by atoms with Gasteiger partial charge in [0.1, 0.15) is 0 Å². The fourth-order valence-corrected chi connectivity index (χ4v) is 5.34. The molecule has 29 heavy (non-hydrogen) atoms. The lowest BCUT2D eigenvalue weighted by molar-refractivity contribution is -0.387. The predicted molar refractivity (Wildman–Crippen MR) is 111 cm³/mol. The molecule has 0 unspecified atom stereocenters. The number of nitrogens with zero attached hydrogens (tertiary/aromatic N) is 3. The lowest BCUT2D eigenvalue weighted by Gasteiger charge is -2.34. The molecule has 0 radical (unpaired) electrons. The van der Waals surface area contributed by atoms with Crippen LogP contribution in [-0.4, -0.2) is 48.7 Å². The minimum absolute atomic E-state index is 0.243. The van der Waals surface area contributed by atoms with Crippen LogP contribution < -0.4 is 0 Å². The van der Waals surface area contributed by atoms with E-state index in [1.54, 1.807) is 0 Å². The van der Waals surface area contributed by atoms with Crippen LogP contribution in [-0.2, 0) is 16.6 Å². The minimum atomic E-state index is -3.90. The molecule has 0 spiro atoms. The third kappa shape index (κ3) is 3.87. The van der Waals surface area contributed by atoms with Gasteiger partial charge in [-0.3, -0.25) is 15.0 Å². The fourth-order valence-electron chi connectivity index (χ4n) is 3.76. The average molecular weight is 411 g/mol. The summed E-state index contributed by atoms with van der Waals surface area (Å²) < 4.78 is 27.3. The summed E-state index contributed by atoms with van der Waals surface area (Å²) in [5, 5.41) is 13.6. The van der Waals surface area contributed by atoms with E-state index in [1.807, 2.05) is 18.2 Å². The van der Waals surface area contributed by atoms with Crippen LogP contribution in [0.1, 0.15) is 5.56 Å². The Bertz CT molecular complexity index is 1150. The van der Waals surface area contributed by atoms with Crippen molar-refractivity contribution in [1.29, 1.82) is 0 Å². The van der Waals surface area contributed by atoms with Gasteiger partial charge in [-0.1, -0.05) is 54.6 Å². The van der Waals surface area contributed by atoms with Gasteiger partial charge in [0.15, 0.2) is 4.90 Å². The van der Waals surface area contributed by atoms with Crippen LogP contribution in [0.5, 0.6) is 0 Å². The predicted octanol–water partition coefficient (Wildman–Crippen LogP) is 3.25. The van der Waals surface area contributed by atoms with Crippen molar-refractivity contribution < 1.29 is 13.3 Å². The second-order valence-electron chi connectivity index (χ2n) is 7.04. The molecule has 3 aromatic carbocycles. The van der Waals surface area contributed by atoms with Crippen molar-refractivity contribution >= 4 is 26.5 Å². The molecule has 1 heterocycles. The molecular weight excluding hydrogens is 390 g/mol. The molecule has 0 bridgehead atoms. The highest BCUT2D eigenvalue weighted by Gasteiger charge is 2.33. The molecule has 1 aliphatic rings. The Morgan fingerprint density at radius 1 is 0.862 bits per heavy atom. The molecule has 1 saturated heterocycles. The van der Waals surface area contributed by atoms with E-state index in [0.29, 0.717) is 26.2 Å². The van der Waals surface area contributed by atoms with Crippen molar-refractivity contribution in [3.63, 3.8) is 0 Å². The van der Waals surface area contributed by atoms with Gasteiger partial charge in [-0.25, -0.2) is 8.42 Å². The molecule has 0 amide bonds. The first-order chi connectivity index (χ1) is 14.0. The summed E-state index contributed by atoms with van der Waals surface area (Å²) in [4.78, 5) is 12.6. The topological polar surface area (TPSA) is 83.8 Å². The number of piperazine rings is 1. The highest BCUT2D eigenvalue weighted by molar-refractivity contribution is 7.89. The number of nitro groups is 1. The molecule has 1 fully saturated rings. The Hall–Kier alpha value is -2.81. The maximum absolute atomic E-state index is 13.0. The zero-order chi connectivity index (χ0) is 20.4. The Labute approximate surface area is 169 Å². The first kappa shape index (κ1) is 19.5. The molecule has 1 aliphatic heterocycles. The van der Waals surface area contributed by atoms with Crippen LogP contribution in [0.4, 0.5) is 5.69 Å². The number of hydrogen-bond donors (Lipinski definition) is 0. The summed E-state index contributed by atoms with van der Waals surface area (Å²) in [6, 6.07) is 19.9. The zero-order valence-electron chi connectivity index (χ0n) is 15.8. The van der Waals surface area contributed by atoms with E-state index in [-0.39, 0.29) is 10.6 Å². The normalized spacial score (nSPS) is 16.1. The van der Waals surface area contributed by atoms with Crippen LogP contribution in [0.2, 0.25) is 0 Å². The standard InChI is InChI=1S/C21H21N3O4S/c25-24(26)20-10-3-4-11-21(20)29(27,28)23-14-12-22(13-15-23)16-18-8-5-7-17-6-1-2-9-19(17)18/h1-11H,12-16H2. The summed E-state index contributed by atoms with van der Waals surface area (Å²) in [7, 11) is -3.90. The van der Waals surface area contributed by atoms with Gasteiger partial charge in [0.2, 0.25) is 10.0 Å². The van der Waals surface area contributed by atoms with Gasteiger partial charge in [0.05, 0.1) is 4.92 Å². The lowest BCUT2D eigenvalue weighted by atomic mass is 10.0. The molecule has 0 aromatic heterocycles. The van der Waals surface area contributed by atoms with Crippen molar-refractivity contribution in [1.82, 2.24) is 9.21 Å². The molecule has 3 aromatic rings. The molecule has 150 valence electrons. The molecule has 0 atom stereocenters. The van der Waals surface area contributed by atoms with E-state index < -0.39 is 14.9 Å². The second-order valence-corrected chi connectivity index (χ2v) is 8.95. The molecule has 8 heteroatoms. The van der Waals surface area contributed by atoms with Crippen molar-refractivity contribution in [3.8, 4) is 0 Å². The van der Waals surface area contributed by atoms with E-state index in [4.69, 9.17) is 0 Å². The highest BCUT2D eigenvalue weighted by Crippen LogP contribution is 2.27. The minimum Gasteiger partial charge on any atom is -0.296 e. The van der Waals surface area contributed by atoms with E-state index in [0.717, 1.165) is 6.54 Å². The van der Waals surface area contributed by atoms with E-state index in [2.05, 4.69) is 29.2 Å². The van der Waals surface area contributed by atoms with Gasteiger partial charge < -0.3 is 0 Å². The average Bonchev–Trinajstić information content (AvgIpc) is 2.74. The largest absolute Gasteiger partial charge is 0.296 e. The van der Waals surface area contributed by atoms with Gasteiger partial charge in [0.25, 0.3) is 5.69 Å². The second kappa shape index (κ2) is 7.90. The molecule has 4 rings (SSSR count). The van der Waals surface area contributed by atoms with Crippen LogP contribution in [0.3, 0.4) is 0 Å². The van der Waals surface area contributed by atoms with Crippen molar-refractivity contribution in [3.05, 3.63) is 82.4 Å². The highest BCUT2D eigenvalue weighted by atomic mass is 32.2. The summed E-state index contributed by atoms with van der Waals surface area (Å²) in [6.45, 7) is 2.49. The van der Waals surface area contributed by atoms with Crippen LogP contribution in [0, 0.1) is 10.1 Å². The van der Waals surface area contributed by atoms with Crippen LogP contribution in [0.15, 0.2) is 71.6 Å².